The highest BCUT2D eigenvalue weighted by atomic mass is 35.5. The summed E-state index contributed by atoms with van der Waals surface area (Å²) in [5.41, 5.74) is -0.346. The number of benzene rings is 1. The number of hydrogen-bond acceptors (Lipinski definition) is 6. The largest absolute Gasteiger partial charge is 0.437 e. The van der Waals surface area contributed by atoms with Gasteiger partial charge in [0.15, 0.2) is 0 Å². The number of halogens is 1. The summed E-state index contributed by atoms with van der Waals surface area (Å²) in [4.78, 5) is 25.6. The Morgan fingerprint density at radius 2 is 1.87 bits per heavy atom. The van der Waals surface area contributed by atoms with Gasteiger partial charge in [-0.2, -0.15) is 0 Å². The van der Waals surface area contributed by atoms with Gasteiger partial charge in [0.05, 0.1) is 0 Å². The molecule has 0 amide bonds. The number of rotatable bonds is 1. The van der Waals surface area contributed by atoms with Crippen molar-refractivity contribution in [1.82, 2.24) is 5.32 Å². The van der Waals surface area contributed by atoms with E-state index in [-0.39, 0.29) is 6.04 Å². The van der Waals surface area contributed by atoms with Crippen molar-refractivity contribution in [3.05, 3.63) is 41.4 Å². The Morgan fingerprint density at radius 3 is 2.57 bits per heavy atom. The minimum Gasteiger partial charge on any atom is -0.437 e. The molecule has 23 heavy (non-hydrogen) atoms. The number of fused-ring (bicyclic) bond motifs is 1. The van der Waals surface area contributed by atoms with E-state index in [9.17, 15) is 9.59 Å². The van der Waals surface area contributed by atoms with E-state index in [0.717, 1.165) is 17.8 Å². The fourth-order valence-electron chi connectivity index (χ4n) is 2.83. The van der Waals surface area contributed by atoms with Gasteiger partial charge in [-0.1, -0.05) is 11.6 Å². The van der Waals surface area contributed by atoms with Crippen molar-refractivity contribution in [2.45, 2.75) is 31.8 Å². The molecule has 0 spiro atoms. The molecule has 6 nitrogen and oxygen atoms in total. The third kappa shape index (κ3) is 3.04. The van der Waals surface area contributed by atoms with E-state index in [4.69, 9.17) is 21.1 Å². The molecule has 1 aromatic rings. The van der Waals surface area contributed by atoms with Crippen LogP contribution in [-0.4, -0.2) is 36.5 Å². The molecule has 0 aliphatic carbocycles. The number of nitrogens with zero attached hydrogens (tertiary/aromatic N) is 1. The average molecular weight is 337 g/mol. The molecular formula is C16H17ClN2O4. The maximum atomic E-state index is 12.0. The lowest BCUT2D eigenvalue weighted by Gasteiger charge is -2.51. The first-order valence-electron chi connectivity index (χ1n) is 7.29. The molecular weight excluding hydrogens is 320 g/mol. The lowest BCUT2D eigenvalue weighted by molar-refractivity contribution is -0.189. The van der Waals surface area contributed by atoms with Crippen LogP contribution in [0.3, 0.4) is 0 Å². The number of hydrogen-bond donors (Lipinski definition) is 1. The van der Waals surface area contributed by atoms with E-state index in [0.29, 0.717) is 11.6 Å². The Labute approximate surface area is 139 Å². The SMILES string of the molecule is CC1CN(c2ccc(Cl)cc2)C2(C)OC(=O)/C=C/C(=O)OC2N1. The van der Waals surface area contributed by atoms with Crippen LogP contribution >= 0.6 is 11.6 Å². The second kappa shape index (κ2) is 5.86. The van der Waals surface area contributed by atoms with E-state index >= 15 is 0 Å². The van der Waals surface area contributed by atoms with E-state index in [1.807, 2.05) is 24.0 Å². The van der Waals surface area contributed by atoms with Gasteiger partial charge in [-0.05, 0) is 31.2 Å². The molecule has 3 rings (SSSR count). The van der Waals surface area contributed by atoms with Crippen LogP contribution in [0.2, 0.25) is 5.02 Å². The Morgan fingerprint density at radius 1 is 1.22 bits per heavy atom. The van der Waals surface area contributed by atoms with Gasteiger partial charge in [-0.25, -0.2) is 9.59 Å². The standard InChI is InChI=1S/C16H17ClN2O4/c1-10-9-19(12-5-3-11(17)4-6-12)16(2)15(18-10)22-13(20)7-8-14(21)23-16/h3-8,10,15,18H,9H2,1-2H3/b8-7+. The topological polar surface area (TPSA) is 67.9 Å². The van der Waals surface area contributed by atoms with Crippen molar-refractivity contribution in [3.63, 3.8) is 0 Å². The molecule has 1 aromatic carbocycles. The maximum absolute atomic E-state index is 12.0. The number of carbonyl (C=O) groups is 2. The van der Waals surface area contributed by atoms with Gasteiger partial charge in [0, 0.05) is 42.4 Å². The van der Waals surface area contributed by atoms with Gasteiger partial charge in [0.1, 0.15) is 0 Å². The molecule has 0 bridgehead atoms. The Kier molecular flexibility index (Phi) is 4.04. The normalized spacial score (nSPS) is 32.2. The van der Waals surface area contributed by atoms with Crippen LogP contribution in [-0.2, 0) is 19.1 Å². The summed E-state index contributed by atoms with van der Waals surface area (Å²) < 4.78 is 11.0. The first-order valence-corrected chi connectivity index (χ1v) is 7.67. The van der Waals surface area contributed by atoms with Crippen LogP contribution in [0.5, 0.6) is 0 Å². The highest BCUT2D eigenvalue weighted by Crippen LogP contribution is 2.34. The van der Waals surface area contributed by atoms with Gasteiger partial charge in [-0.3, -0.25) is 5.32 Å². The summed E-state index contributed by atoms with van der Waals surface area (Å²) in [5.74, 6) is -1.18. The lowest BCUT2D eigenvalue weighted by atomic mass is 10.0. The number of piperazine rings is 1. The molecule has 1 saturated heterocycles. The number of esters is 2. The third-order valence-corrected chi connectivity index (χ3v) is 4.20. The van der Waals surface area contributed by atoms with E-state index < -0.39 is 23.9 Å². The number of carbonyl (C=O) groups excluding carboxylic acids is 2. The van der Waals surface area contributed by atoms with Gasteiger partial charge >= 0.3 is 11.9 Å². The Bertz CT molecular complexity index is 661. The van der Waals surface area contributed by atoms with Crippen molar-refractivity contribution in [2.24, 2.45) is 0 Å². The van der Waals surface area contributed by atoms with Crippen LogP contribution < -0.4 is 10.2 Å². The molecule has 2 heterocycles. The molecule has 0 aromatic heterocycles. The molecule has 3 unspecified atom stereocenters. The number of anilines is 1. The van der Waals surface area contributed by atoms with Crippen molar-refractivity contribution in [2.75, 3.05) is 11.4 Å². The van der Waals surface area contributed by atoms with E-state index in [1.165, 1.54) is 0 Å². The summed E-state index contributed by atoms with van der Waals surface area (Å²) in [6, 6.07) is 7.23. The second-order valence-electron chi connectivity index (χ2n) is 5.78. The van der Waals surface area contributed by atoms with Gasteiger partial charge in [-0.15, -0.1) is 0 Å². The highest BCUT2D eigenvalue weighted by molar-refractivity contribution is 6.30. The van der Waals surface area contributed by atoms with Crippen LogP contribution in [0.25, 0.3) is 0 Å². The van der Waals surface area contributed by atoms with E-state index in [1.54, 1.807) is 19.1 Å². The number of nitrogens with one attached hydrogen (secondary N) is 1. The van der Waals surface area contributed by atoms with Crippen LogP contribution in [0.15, 0.2) is 36.4 Å². The van der Waals surface area contributed by atoms with Crippen LogP contribution in [0.1, 0.15) is 13.8 Å². The third-order valence-electron chi connectivity index (χ3n) is 3.95. The van der Waals surface area contributed by atoms with Gasteiger partial charge in [0.25, 0.3) is 0 Å². The fraction of sp³-hybridized carbons (Fsp3) is 0.375. The fourth-order valence-corrected chi connectivity index (χ4v) is 2.95. The van der Waals surface area contributed by atoms with E-state index in [2.05, 4.69) is 5.32 Å². The molecule has 122 valence electrons. The second-order valence-corrected chi connectivity index (χ2v) is 6.22. The molecule has 2 aliphatic heterocycles. The molecule has 0 radical (unpaired) electrons. The minimum atomic E-state index is -1.17. The summed E-state index contributed by atoms with van der Waals surface area (Å²) >= 11 is 5.95. The first kappa shape index (κ1) is 15.8. The lowest BCUT2D eigenvalue weighted by Crippen LogP contribution is -2.71. The summed E-state index contributed by atoms with van der Waals surface area (Å²) in [6.07, 6.45) is 1.35. The molecule has 3 atom stereocenters. The minimum absolute atomic E-state index is 0.0265. The predicted molar refractivity (Wildman–Crippen MR) is 84.9 cm³/mol. The number of ether oxygens (including phenoxy) is 2. The van der Waals surface area contributed by atoms with Crippen molar-refractivity contribution in [1.29, 1.82) is 0 Å². The first-order chi connectivity index (χ1) is 10.9. The summed E-state index contributed by atoms with van der Waals surface area (Å²) in [6.45, 7) is 4.26. The molecule has 0 saturated carbocycles. The zero-order valence-electron chi connectivity index (χ0n) is 12.8. The quantitative estimate of drug-likeness (QED) is 0.789. The van der Waals surface area contributed by atoms with Gasteiger partial charge < -0.3 is 14.4 Å². The summed E-state index contributed by atoms with van der Waals surface area (Å²) in [5, 5.41) is 3.78. The van der Waals surface area contributed by atoms with Crippen LogP contribution in [0, 0.1) is 0 Å². The Balaban J connectivity index is 2.03. The zero-order chi connectivity index (χ0) is 16.6. The smallest absolute Gasteiger partial charge is 0.333 e. The summed E-state index contributed by atoms with van der Waals surface area (Å²) in [7, 11) is 0. The highest BCUT2D eigenvalue weighted by Gasteiger charge is 2.50. The zero-order valence-corrected chi connectivity index (χ0v) is 13.5. The van der Waals surface area contributed by atoms with Crippen LogP contribution in [0.4, 0.5) is 5.69 Å². The molecule has 1 N–H and O–H groups in total. The Hall–Kier alpha value is -2.05. The maximum Gasteiger partial charge on any atom is 0.333 e. The average Bonchev–Trinajstić information content (AvgIpc) is 2.49. The van der Waals surface area contributed by atoms with Gasteiger partial charge in [0.2, 0.25) is 12.0 Å². The molecule has 2 aliphatic rings. The molecule has 7 heteroatoms. The molecule has 1 fully saturated rings. The van der Waals surface area contributed by atoms with Crippen molar-refractivity contribution < 1.29 is 19.1 Å². The van der Waals surface area contributed by atoms with Crippen molar-refractivity contribution >= 4 is 29.2 Å². The van der Waals surface area contributed by atoms with Crippen molar-refractivity contribution in [3.8, 4) is 0 Å². The predicted octanol–water partition coefficient (Wildman–Crippen LogP) is 1.84. The monoisotopic (exact) mass is 336 g/mol.